The van der Waals surface area contributed by atoms with E-state index >= 15 is 0 Å². The normalized spacial score (nSPS) is 11.3. The van der Waals surface area contributed by atoms with E-state index in [-0.39, 0.29) is 11.6 Å². The molecule has 0 atom stereocenters. The molecule has 0 unspecified atom stereocenters. The zero-order valence-corrected chi connectivity index (χ0v) is 11.0. The largest absolute Gasteiger partial charge is 0.415 e. The zero-order chi connectivity index (χ0) is 13.0. The standard InChI is InChI=1S/C9H10F2N4OS2/c1-17-5-7-13-14-9(16-7)18-4-6-12-2-3-15(6)8(10)11/h2-3,8H,4-5H2,1H3. The van der Waals surface area contributed by atoms with Crippen molar-refractivity contribution >= 4 is 23.5 Å². The van der Waals surface area contributed by atoms with E-state index in [9.17, 15) is 8.78 Å². The third-order valence-corrected chi connectivity index (χ3v) is 3.35. The van der Waals surface area contributed by atoms with Gasteiger partial charge in [-0.15, -0.1) is 10.2 Å². The summed E-state index contributed by atoms with van der Waals surface area (Å²) in [5.74, 6) is 1.71. The molecule has 0 fully saturated rings. The highest BCUT2D eigenvalue weighted by molar-refractivity contribution is 7.98. The lowest BCUT2D eigenvalue weighted by atomic mass is 10.7. The summed E-state index contributed by atoms with van der Waals surface area (Å²) in [5, 5.41) is 8.01. The van der Waals surface area contributed by atoms with Crippen LogP contribution >= 0.6 is 23.5 Å². The lowest BCUT2D eigenvalue weighted by Gasteiger charge is -2.03. The maximum absolute atomic E-state index is 12.6. The fraction of sp³-hybridized carbons (Fsp3) is 0.444. The molecule has 0 amide bonds. The Labute approximate surface area is 110 Å². The molecule has 0 N–H and O–H groups in total. The Bertz CT molecular complexity index is 502. The molecule has 18 heavy (non-hydrogen) atoms. The average Bonchev–Trinajstić information content (AvgIpc) is 2.95. The van der Waals surface area contributed by atoms with Gasteiger partial charge in [-0.1, -0.05) is 11.8 Å². The molecule has 98 valence electrons. The molecule has 0 radical (unpaired) electrons. The van der Waals surface area contributed by atoms with E-state index < -0.39 is 6.55 Å². The fourth-order valence-electron chi connectivity index (χ4n) is 1.24. The van der Waals surface area contributed by atoms with Gasteiger partial charge in [0.05, 0.1) is 11.5 Å². The summed E-state index contributed by atoms with van der Waals surface area (Å²) in [6.07, 6.45) is 4.51. The van der Waals surface area contributed by atoms with Crippen molar-refractivity contribution in [2.75, 3.05) is 6.26 Å². The number of alkyl halides is 2. The van der Waals surface area contributed by atoms with E-state index in [0.717, 1.165) is 4.57 Å². The highest BCUT2D eigenvalue weighted by Gasteiger charge is 2.13. The summed E-state index contributed by atoms with van der Waals surface area (Å²) in [4.78, 5) is 3.86. The van der Waals surface area contributed by atoms with Gasteiger partial charge in [0.2, 0.25) is 5.89 Å². The molecular weight excluding hydrogens is 282 g/mol. The summed E-state index contributed by atoms with van der Waals surface area (Å²) in [7, 11) is 0. The SMILES string of the molecule is CSCc1nnc(SCc2nccn2C(F)F)o1. The maximum atomic E-state index is 12.6. The molecular formula is C9H10F2N4OS2. The summed E-state index contributed by atoms with van der Waals surface area (Å²) >= 11 is 2.76. The van der Waals surface area contributed by atoms with Gasteiger partial charge in [-0.05, 0) is 6.26 Å². The molecule has 2 aromatic rings. The lowest BCUT2D eigenvalue weighted by Crippen LogP contribution is -2.01. The van der Waals surface area contributed by atoms with Crippen molar-refractivity contribution in [2.24, 2.45) is 0 Å². The van der Waals surface area contributed by atoms with E-state index in [2.05, 4.69) is 15.2 Å². The smallest absolute Gasteiger partial charge is 0.319 e. The molecule has 5 nitrogen and oxygen atoms in total. The molecule has 0 aliphatic heterocycles. The number of hydrogen-bond donors (Lipinski definition) is 0. The molecule has 0 saturated heterocycles. The number of rotatable bonds is 6. The molecule has 0 spiro atoms. The second kappa shape index (κ2) is 6.19. The molecule has 9 heteroatoms. The Morgan fingerprint density at radius 1 is 1.39 bits per heavy atom. The first-order chi connectivity index (χ1) is 8.70. The monoisotopic (exact) mass is 292 g/mol. The van der Waals surface area contributed by atoms with Crippen molar-refractivity contribution in [1.82, 2.24) is 19.7 Å². The first kappa shape index (κ1) is 13.3. The molecule has 0 bridgehead atoms. The van der Waals surface area contributed by atoms with E-state index in [0.29, 0.717) is 16.9 Å². The summed E-state index contributed by atoms with van der Waals surface area (Å²) < 4.78 is 31.2. The van der Waals surface area contributed by atoms with Gasteiger partial charge in [0.25, 0.3) is 5.22 Å². The van der Waals surface area contributed by atoms with Crippen molar-refractivity contribution in [3.63, 3.8) is 0 Å². The Morgan fingerprint density at radius 3 is 2.94 bits per heavy atom. The predicted molar refractivity (Wildman–Crippen MR) is 64.6 cm³/mol. The lowest BCUT2D eigenvalue weighted by molar-refractivity contribution is 0.0678. The number of halogens is 2. The first-order valence-electron chi connectivity index (χ1n) is 4.94. The number of thioether (sulfide) groups is 2. The summed E-state index contributed by atoms with van der Waals surface area (Å²) in [6, 6.07) is 0. The van der Waals surface area contributed by atoms with Crippen LogP contribution in [0.25, 0.3) is 0 Å². The second-order valence-electron chi connectivity index (χ2n) is 3.21. The second-order valence-corrected chi connectivity index (χ2v) is 5.00. The van der Waals surface area contributed by atoms with Crippen LogP contribution < -0.4 is 0 Å². The number of aromatic nitrogens is 4. The Balaban J connectivity index is 1.96. The van der Waals surface area contributed by atoms with Crippen LogP contribution in [0.2, 0.25) is 0 Å². The Morgan fingerprint density at radius 2 is 2.22 bits per heavy atom. The molecule has 0 saturated carbocycles. The van der Waals surface area contributed by atoms with Gasteiger partial charge in [0.1, 0.15) is 5.82 Å². The predicted octanol–water partition coefficient (Wildman–Crippen LogP) is 2.82. The van der Waals surface area contributed by atoms with Crippen molar-refractivity contribution in [1.29, 1.82) is 0 Å². The van der Waals surface area contributed by atoms with Crippen molar-refractivity contribution in [3.05, 3.63) is 24.1 Å². The van der Waals surface area contributed by atoms with Crippen LogP contribution in [0.4, 0.5) is 8.78 Å². The molecule has 2 aromatic heterocycles. The van der Waals surface area contributed by atoms with Gasteiger partial charge in [-0.25, -0.2) is 4.98 Å². The maximum Gasteiger partial charge on any atom is 0.319 e. The molecule has 2 rings (SSSR count). The quantitative estimate of drug-likeness (QED) is 0.763. The molecule has 0 aliphatic carbocycles. The van der Waals surface area contributed by atoms with Gasteiger partial charge < -0.3 is 4.42 Å². The number of imidazole rings is 1. The molecule has 0 aliphatic rings. The van der Waals surface area contributed by atoms with E-state index in [4.69, 9.17) is 4.42 Å². The first-order valence-corrected chi connectivity index (χ1v) is 7.32. The highest BCUT2D eigenvalue weighted by atomic mass is 32.2. The molecule has 2 heterocycles. The third-order valence-electron chi connectivity index (χ3n) is 2.00. The van der Waals surface area contributed by atoms with Crippen molar-refractivity contribution in [2.45, 2.75) is 23.3 Å². The van der Waals surface area contributed by atoms with Crippen LogP contribution in [0, 0.1) is 0 Å². The fourth-order valence-corrected chi connectivity index (χ4v) is 2.33. The Kier molecular flexibility index (Phi) is 4.59. The minimum Gasteiger partial charge on any atom is -0.415 e. The van der Waals surface area contributed by atoms with Gasteiger partial charge >= 0.3 is 6.55 Å². The zero-order valence-electron chi connectivity index (χ0n) is 9.42. The Hall–Kier alpha value is -1.09. The highest BCUT2D eigenvalue weighted by Crippen LogP contribution is 2.23. The molecule has 0 aromatic carbocycles. The average molecular weight is 292 g/mol. The van der Waals surface area contributed by atoms with E-state index in [1.165, 1.54) is 24.2 Å². The minimum atomic E-state index is -2.59. The van der Waals surface area contributed by atoms with Gasteiger partial charge in [-0.2, -0.15) is 20.5 Å². The third kappa shape index (κ3) is 3.22. The summed E-state index contributed by atoms with van der Waals surface area (Å²) in [6.45, 7) is -2.59. The van der Waals surface area contributed by atoms with E-state index in [1.54, 1.807) is 11.8 Å². The van der Waals surface area contributed by atoms with Crippen LogP contribution in [0.3, 0.4) is 0 Å². The van der Waals surface area contributed by atoms with Gasteiger partial charge in [0.15, 0.2) is 0 Å². The van der Waals surface area contributed by atoms with Crippen LogP contribution in [0.15, 0.2) is 22.0 Å². The van der Waals surface area contributed by atoms with Gasteiger partial charge in [-0.3, -0.25) is 4.57 Å². The topological polar surface area (TPSA) is 56.7 Å². The number of hydrogen-bond acceptors (Lipinski definition) is 6. The van der Waals surface area contributed by atoms with Crippen molar-refractivity contribution < 1.29 is 13.2 Å². The summed E-state index contributed by atoms with van der Waals surface area (Å²) in [5.41, 5.74) is 0. The number of nitrogens with zero attached hydrogens (tertiary/aromatic N) is 4. The van der Waals surface area contributed by atoms with Gasteiger partial charge in [0, 0.05) is 12.4 Å². The van der Waals surface area contributed by atoms with Crippen LogP contribution in [0.5, 0.6) is 0 Å². The van der Waals surface area contributed by atoms with E-state index in [1.807, 2.05) is 6.26 Å². The van der Waals surface area contributed by atoms with Crippen LogP contribution in [-0.2, 0) is 11.5 Å². The van der Waals surface area contributed by atoms with Crippen LogP contribution in [0.1, 0.15) is 18.3 Å². The van der Waals surface area contributed by atoms with Crippen LogP contribution in [-0.4, -0.2) is 26.0 Å². The minimum absolute atomic E-state index is 0.262. The van der Waals surface area contributed by atoms with Crippen molar-refractivity contribution in [3.8, 4) is 0 Å².